The quantitative estimate of drug-likeness (QED) is 0.287. The lowest BCUT2D eigenvalue weighted by Gasteiger charge is -2.37. The molecule has 0 unspecified atom stereocenters. The van der Waals surface area contributed by atoms with Gasteiger partial charge in [0.15, 0.2) is 0 Å². The highest BCUT2D eigenvalue weighted by Gasteiger charge is 2.38. The molecule has 5 rings (SSSR count). The van der Waals surface area contributed by atoms with Crippen LogP contribution in [-0.2, 0) is 4.74 Å². The van der Waals surface area contributed by atoms with Gasteiger partial charge in [0.05, 0.1) is 18.7 Å². The van der Waals surface area contributed by atoms with Gasteiger partial charge in [-0.1, -0.05) is 48.0 Å². The standard InChI is InChI=1S/C27H22ClNO4/c1-32-27(31)21-5-2-3-8-24(21)33-26(30)17-11-14-23-22(15-17)19-6-4-7-20(19)25(29-23)16-9-12-18(28)13-10-16/h2-6,8-15,19-20,25,29H,7H2,1H3/t19-,20+,25-/m1/s1. The number of allylic oxidation sites excluding steroid dienone is 2. The van der Waals surface area contributed by atoms with E-state index in [-0.39, 0.29) is 23.3 Å². The molecule has 0 spiro atoms. The second kappa shape index (κ2) is 8.75. The average Bonchev–Trinajstić information content (AvgIpc) is 3.34. The lowest BCUT2D eigenvalue weighted by atomic mass is 9.76. The number of carbonyl (C=O) groups is 2. The molecule has 0 amide bonds. The van der Waals surface area contributed by atoms with Crippen LogP contribution in [0.5, 0.6) is 5.75 Å². The normalized spacial score (nSPS) is 20.4. The fourth-order valence-corrected chi connectivity index (χ4v) is 4.84. The van der Waals surface area contributed by atoms with Crippen LogP contribution < -0.4 is 10.1 Å². The number of halogens is 1. The summed E-state index contributed by atoms with van der Waals surface area (Å²) in [6.45, 7) is 0. The Morgan fingerprint density at radius 2 is 1.79 bits per heavy atom. The third kappa shape index (κ3) is 4.00. The van der Waals surface area contributed by atoms with E-state index in [1.807, 2.05) is 24.3 Å². The van der Waals surface area contributed by atoms with Crippen molar-refractivity contribution in [3.8, 4) is 5.75 Å². The van der Waals surface area contributed by atoms with Crippen LogP contribution in [0.25, 0.3) is 0 Å². The lowest BCUT2D eigenvalue weighted by molar-refractivity contribution is 0.0593. The van der Waals surface area contributed by atoms with Gasteiger partial charge in [0.25, 0.3) is 0 Å². The van der Waals surface area contributed by atoms with Crippen molar-refractivity contribution in [1.82, 2.24) is 0 Å². The summed E-state index contributed by atoms with van der Waals surface area (Å²) in [4.78, 5) is 24.9. The first-order valence-corrected chi connectivity index (χ1v) is 11.1. The second-order valence-electron chi connectivity index (χ2n) is 8.21. The van der Waals surface area contributed by atoms with Gasteiger partial charge < -0.3 is 14.8 Å². The molecule has 33 heavy (non-hydrogen) atoms. The summed E-state index contributed by atoms with van der Waals surface area (Å²) in [6.07, 6.45) is 5.37. The van der Waals surface area contributed by atoms with Crippen molar-refractivity contribution in [3.63, 3.8) is 0 Å². The highest BCUT2D eigenvalue weighted by molar-refractivity contribution is 6.30. The van der Waals surface area contributed by atoms with Crippen LogP contribution in [0.3, 0.4) is 0 Å². The summed E-state index contributed by atoms with van der Waals surface area (Å²) in [6, 6.07) is 20.2. The van der Waals surface area contributed by atoms with Gasteiger partial charge in [-0.15, -0.1) is 0 Å². The molecular weight excluding hydrogens is 438 g/mol. The van der Waals surface area contributed by atoms with Gasteiger partial charge in [0.1, 0.15) is 11.3 Å². The summed E-state index contributed by atoms with van der Waals surface area (Å²) in [5.41, 5.74) is 3.88. The molecule has 3 atom stereocenters. The first kappa shape index (κ1) is 21.3. The monoisotopic (exact) mass is 459 g/mol. The summed E-state index contributed by atoms with van der Waals surface area (Å²) in [5.74, 6) is -0.374. The molecule has 0 aromatic heterocycles. The van der Waals surface area contributed by atoms with Crippen molar-refractivity contribution in [2.24, 2.45) is 5.92 Å². The van der Waals surface area contributed by atoms with Gasteiger partial charge in [0.2, 0.25) is 0 Å². The number of methoxy groups -OCH3 is 1. The van der Waals surface area contributed by atoms with Crippen molar-refractivity contribution < 1.29 is 19.1 Å². The number of para-hydroxylation sites is 1. The number of anilines is 1. The minimum Gasteiger partial charge on any atom is -0.465 e. The number of esters is 2. The minimum absolute atomic E-state index is 0.152. The van der Waals surface area contributed by atoms with E-state index in [0.29, 0.717) is 16.5 Å². The Morgan fingerprint density at radius 1 is 1.00 bits per heavy atom. The lowest BCUT2D eigenvalue weighted by Crippen LogP contribution is -2.29. The second-order valence-corrected chi connectivity index (χ2v) is 8.64. The number of rotatable bonds is 4. The van der Waals surface area contributed by atoms with Gasteiger partial charge in [0, 0.05) is 16.6 Å². The molecule has 0 saturated carbocycles. The Kier molecular flexibility index (Phi) is 5.65. The SMILES string of the molecule is COC(=O)c1ccccc1OC(=O)c1ccc2c(c1)[C@@H]1C=CC[C@@H]1[C@@H](c1ccc(Cl)cc1)N2. The highest BCUT2D eigenvalue weighted by Crippen LogP contribution is 2.50. The molecule has 1 heterocycles. The van der Waals surface area contributed by atoms with Crippen LogP contribution in [0, 0.1) is 5.92 Å². The van der Waals surface area contributed by atoms with Crippen LogP contribution in [0.4, 0.5) is 5.69 Å². The number of hydrogen-bond acceptors (Lipinski definition) is 5. The van der Waals surface area contributed by atoms with Crippen molar-refractivity contribution >= 4 is 29.2 Å². The molecule has 0 fully saturated rings. The van der Waals surface area contributed by atoms with Crippen molar-refractivity contribution in [3.05, 3.63) is 106 Å². The van der Waals surface area contributed by atoms with Crippen molar-refractivity contribution in [2.45, 2.75) is 18.4 Å². The largest absolute Gasteiger partial charge is 0.465 e. The van der Waals surface area contributed by atoms with Gasteiger partial charge >= 0.3 is 11.9 Å². The van der Waals surface area contributed by atoms with E-state index >= 15 is 0 Å². The summed E-state index contributed by atoms with van der Waals surface area (Å²) >= 11 is 6.08. The maximum Gasteiger partial charge on any atom is 0.343 e. The van der Waals surface area contributed by atoms with E-state index in [4.69, 9.17) is 21.1 Å². The highest BCUT2D eigenvalue weighted by atomic mass is 35.5. The van der Waals surface area contributed by atoms with Gasteiger partial charge in [-0.2, -0.15) is 0 Å². The van der Waals surface area contributed by atoms with Gasteiger partial charge in [-0.25, -0.2) is 9.59 Å². The number of nitrogens with one attached hydrogen (secondary N) is 1. The van der Waals surface area contributed by atoms with E-state index in [1.165, 1.54) is 12.7 Å². The maximum absolute atomic E-state index is 12.9. The van der Waals surface area contributed by atoms with E-state index in [9.17, 15) is 9.59 Å². The Labute approximate surface area is 197 Å². The van der Waals surface area contributed by atoms with E-state index in [0.717, 1.165) is 17.7 Å². The van der Waals surface area contributed by atoms with E-state index in [2.05, 4.69) is 29.6 Å². The molecule has 3 aromatic rings. The molecule has 0 bridgehead atoms. The Balaban J connectivity index is 1.43. The molecule has 1 aliphatic carbocycles. The number of ether oxygens (including phenoxy) is 2. The minimum atomic E-state index is -0.555. The van der Waals surface area contributed by atoms with Crippen LogP contribution in [0.1, 0.15) is 50.2 Å². The number of fused-ring (bicyclic) bond motifs is 3. The number of carbonyl (C=O) groups excluding carboxylic acids is 2. The summed E-state index contributed by atoms with van der Waals surface area (Å²) in [7, 11) is 1.29. The fourth-order valence-electron chi connectivity index (χ4n) is 4.71. The Hall–Kier alpha value is -3.57. The molecular formula is C27H22ClNO4. The molecule has 6 heteroatoms. The molecule has 5 nitrogen and oxygen atoms in total. The summed E-state index contributed by atoms with van der Waals surface area (Å²) < 4.78 is 10.4. The third-order valence-corrected chi connectivity index (χ3v) is 6.57. The van der Waals surface area contributed by atoms with Crippen LogP contribution in [0.15, 0.2) is 78.9 Å². The zero-order valence-electron chi connectivity index (χ0n) is 18.0. The first-order valence-electron chi connectivity index (χ1n) is 10.8. The van der Waals surface area contributed by atoms with E-state index in [1.54, 1.807) is 30.3 Å². The molecule has 1 N–H and O–H groups in total. The maximum atomic E-state index is 12.9. The Morgan fingerprint density at radius 3 is 2.58 bits per heavy atom. The van der Waals surface area contributed by atoms with Crippen LogP contribution >= 0.6 is 11.6 Å². The Bertz CT molecular complexity index is 1250. The van der Waals surface area contributed by atoms with Gasteiger partial charge in [-0.05, 0) is 65.9 Å². The molecule has 3 aromatic carbocycles. The van der Waals surface area contributed by atoms with Crippen LogP contribution in [0.2, 0.25) is 5.02 Å². The van der Waals surface area contributed by atoms with E-state index < -0.39 is 11.9 Å². The molecule has 2 aliphatic rings. The zero-order chi connectivity index (χ0) is 22.9. The van der Waals surface area contributed by atoms with Crippen molar-refractivity contribution in [1.29, 1.82) is 0 Å². The third-order valence-electron chi connectivity index (χ3n) is 6.32. The average molecular weight is 460 g/mol. The summed E-state index contributed by atoms with van der Waals surface area (Å²) in [5, 5.41) is 4.37. The predicted molar refractivity (Wildman–Crippen MR) is 127 cm³/mol. The fraction of sp³-hybridized carbons (Fsp3) is 0.185. The smallest absolute Gasteiger partial charge is 0.343 e. The first-order chi connectivity index (χ1) is 16.0. The molecule has 0 radical (unpaired) electrons. The molecule has 1 aliphatic heterocycles. The van der Waals surface area contributed by atoms with Gasteiger partial charge in [-0.3, -0.25) is 0 Å². The van der Waals surface area contributed by atoms with Crippen LogP contribution in [-0.4, -0.2) is 19.0 Å². The number of hydrogen-bond donors (Lipinski definition) is 1. The molecule has 0 saturated heterocycles. The number of benzene rings is 3. The zero-order valence-corrected chi connectivity index (χ0v) is 18.7. The topological polar surface area (TPSA) is 64.6 Å². The molecule has 166 valence electrons. The predicted octanol–water partition coefficient (Wildman–Crippen LogP) is 6.17. The van der Waals surface area contributed by atoms with Crippen molar-refractivity contribution in [2.75, 3.05) is 12.4 Å².